The predicted molar refractivity (Wildman–Crippen MR) is 119 cm³/mol. The van der Waals surface area contributed by atoms with Crippen LogP contribution in [0.2, 0.25) is 15.1 Å². The molecule has 0 aliphatic heterocycles. The number of benzene rings is 3. The molecule has 3 aromatic carbocycles. The molecule has 0 aliphatic carbocycles. The maximum Gasteiger partial charge on any atom is 0.335 e. The zero-order valence-electron chi connectivity index (χ0n) is 16.2. The molecule has 0 saturated carbocycles. The lowest BCUT2D eigenvalue weighted by Gasteiger charge is -2.16. The summed E-state index contributed by atoms with van der Waals surface area (Å²) < 4.78 is 24.4. The van der Waals surface area contributed by atoms with Crippen molar-refractivity contribution in [2.75, 3.05) is 12.4 Å². The van der Waals surface area contributed by atoms with E-state index in [0.717, 1.165) is 5.56 Å². The summed E-state index contributed by atoms with van der Waals surface area (Å²) in [5, 5.41) is 13.2. The molecule has 0 heterocycles. The van der Waals surface area contributed by atoms with Gasteiger partial charge in [0, 0.05) is 12.1 Å². The van der Waals surface area contributed by atoms with Crippen LogP contribution in [0.25, 0.3) is 0 Å². The van der Waals surface area contributed by atoms with Crippen molar-refractivity contribution in [2.45, 2.75) is 13.2 Å². The van der Waals surface area contributed by atoms with Gasteiger partial charge in [0.2, 0.25) is 0 Å². The van der Waals surface area contributed by atoms with Gasteiger partial charge in [-0.1, -0.05) is 40.9 Å². The second-order valence-electron chi connectivity index (χ2n) is 6.49. The minimum absolute atomic E-state index is 0.0738. The number of nitrogens with one attached hydrogen (secondary N) is 1. The van der Waals surface area contributed by atoms with Crippen LogP contribution < -0.4 is 14.8 Å². The molecular weight excluding hydrogens is 468 g/mol. The molecular formula is C22H17Cl3FNO4. The third-order valence-corrected chi connectivity index (χ3v) is 5.33. The molecule has 0 aliphatic rings. The number of aromatic carboxylic acids is 1. The number of halogens is 4. The van der Waals surface area contributed by atoms with Gasteiger partial charge in [-0.05, 0) is 48.0 Å². The third kappa shape index (κ3) is 5.73. The summed E-state index contributed by atoms with van der Waals surface area (Å²) in [7, 11) is 1.48. The molecule has 9 heteroatoms. The van der Waals surface area contributed by atoms with Crippen molar-refractivity contribution in [3.8, 4) is 11.5 Å². The van der Waals surface area contributed by atoms with E-state index < -0.39 is 11.8 Å². The highest BCUT2D eigenvalue weighted by atomic mass is 35.5. The Balaban J connectivity index is 1.76. The highest BCUT2D eigenvalue weighted by molar-refractivity contribution is 6.33. The summed E-state index contributed by atoms with van der Waals surface area (Å²) in [5.74, 6) is -0.769. The van der Waals surface area contributed by atoms with Crippen molar-refractivity contribution in [3.63, 3.8) is 0 Å². The first-order valence-corrected chi connectivity index (χ1v) is 10.1. The smallest absolute Gasteiger partial charge is 0.335 e. The molecule has 0 bridgehead atoms. The Bertz CT molecular complexity index is 1120. The number of carboxylic acids is 1. The maximum atomic E-state index is 13.2. The predicted octanol–water partition coefficient (Wildman–Crippen LogP) is 6.68. The van der Waals surface area contributed by atoms with Gasteiger partial charge < -0.3 is 19.9 Å². The number of methoxy groups -OCH3 is 1. The van der Waals surface area contributed by atoms with Gasteiger partial charge >= 0.3 is 5.97 Å². The van der Waals surface area contributed by atoms with E-state index in [0.29, 0.717) is 39.3 Å². The summed E-state index contributed by atoms with van der Waals surface area (Å²) >= 11 is 18.6. The molecule has 0 radical (unpaired) electrons. The second kappa shape index (κ2) is 10.1. The van der Waals surface area contributed by atoms with Crippen molar-refractivity contribution in [3.05, 3.63) is 86.1 Å². The molecule has 0 atom stereocenters. The fourth-order valence-corrected chi connectivity index (χ4v) is 3.49. The van der Waals surface area contributed by atoms with Crippen molar-refractivity contribution in [1.29, 1.82) is 0 Å². The van der Waals surface area contributed by atoms with E-state index in [2.05, 4.69) is 5.32 Å². The van der Waals surface area contributed by atoms with Crippen molar-refractivity contribution in [1.82, 2.24) is 0 Å². The molecule has 31 heavy (non-hydrogen) atoms. The van der Waals surface area contributed by atoms with Gasteiger partial charge in [0.1, 0.15) is 12.4 Å². The molecule has 3 rings (SSSR count). The number of carboxylic acid groups (broad SMARTS) is 1. The van der Waals surface area contributed by atoms with Gasteiger partial charge in [-0.25, -0.2) is 9.18 Å². The van der Waals surface area contributed by atoms with Crippen LogP contribution in [0, 0.1) is 5.82 Å². The van der Waals surface area contributed by atoms with Crippen molar-refractivity contribution >= 4 is 46.5 Å². The zero-order valence-corrected chi connectivity index (χ0v) is 18.5. The SMILES string of the molecule is COc1cc(CNc2cc(C(=O)O)ccc2Cl)cc(Cl)c1OCc1ccc(F)cc1Cl. The topological polar surface area (TPSA) is 67.8 Å². The van der Waals surface area contributed by atoms with Crippen LogP contribution >= 0.6 is 34.8 Å². The lowest BCUT2D eigenvalue weighted by atomic mass is 10.1. The normalized spacial score (nSPS) is 10.6. The van der Waals surface area contributed by atoms with Crippen LogP contribution in [0.4, 0.5) is 10.1 Å². The van der Waals surface area contributed by atoms with Gasteiger partial charge in [-0.15, -0.1) is 0 Å². The summed E-state index contributed by atoms with van der Waals surface area (Å²) in [5.41, 5.74) is 1.94. The quantitative estimate of drug-likeness (QED) is 0.373. The average Bonchev–Trinajstić information content (AvgIpc) is 2.73. The van der Waals surface area contributed by atoms with Crippen LogP contribution in [-0.2, 0) is 13.2 Å². The summed E-state index contributed by atoms with van der Waals surface area (Å²) in [6, 6.07) is 11.8. The van der Waals surface area contributed by atoms with Gasteiger partial charge in [0.25, 0.3) is 0 Å². The van der Waals surface area contributed by atoms with Crippen LogP contribution in [-0.4, -0.2) is 18.2 Å². The van der Waals surface area contributed by atoms with Crippen molar-refractivity contribution in [2.24, 2.45) is 0 Å². The van der Waals surface area contributed by atoms with Gasteiger partial charge in [0.05, 0.1) is 33.4 Å². The highest BCUT2D eigenvalue weighted by Crippen LogP contribution is 2.37. The molecule has 0 saturated heterocycles. The highest BCUT2D eigenvalue weighted by Gasteiger charge is 2.14. The second-order valence-corrected chi connectivity index (χ2v) is 7.71. The Labute approximate surface area is 193 Å². The van der Waals surface area contributed by atoms with Crippen LogP contribution in [0.15, 0.2) is 48.5 Å². The number of hydrogen-bond acceptors (Lipinski definition) is 4. The lowest BCUT2D eigenvalue weighted by Crippen LogP contribution is -2.04. The molecule has 0 fully saturated rings. The van der Waals surface area contributed by atoms with E-state index in [-0.39, 0.29) is 17.2 Å². The van der Waals surface area contributed by atoms with E-state index >= 15 is 0 Å². The van der Waals surface area contributed by atoms with E-state index in [1.54, 1.807) is 12.1 Å². The molecule has 0 amide bonds. The van der Waals surface area contributed by atoms with E-state index in [1.807, 2.05) is 0 Å². The first-order chi connectivity index (χ1) is 14.8. The summed E-state index contributed by atoms with van der Waals surface area (Å²) in [6.07, 6.45) is 0. The van der Waals surface area contributed by atoms with Gasteiger partial charge in [-0.2, -0.15) is 0 Å². The Hall–Kier alpha value is -2.67. The Morgan fingerprint density at radius 1 is 1.03 bits per heavy atom. The zero-order chi connectivity index (χ0) is 22.5. The van der Waals surface area contributed by atoms with E-state index in [4.69, 9.17) is 49.4 Å². The molecule has 0 aromatic heterocycles. The summed E-state index contributed by atoms with van der Waals surface area (Å²) in [4.78, 5) is 11.2. The maximum absolute atomic E-state index is 13.2. The minimum atomic E-state index is -1.05. The monoisotopic (exact) mass is 483 g/mol. The lowest BCUT2D eigenvalue weighted by molar-refractivity contribution is 0.0697. The molecule has 3 aromatic rings. The van der Waals surface area contributed by atoms with Crippen molar-refractivity contribution < 1.29 is 23.8 Å². The van der Waals surface area contributed by atoms with Crippen LogP contribution in [0.5, 0.6) is 11.5 Å². The fraction of sp³-hybridized carbons (Fsp3) is 0.136. The molecule has 162 valence electrons. The third-order valence-electron chi connectivity index (χ3n) is 4.37. The Kier molecular flexibility index (Phi) is 7.49. The number of anilines is 1. The minimum Gasteiger partial charge on any atom is -0.493 e. The summed E-state index contributed by atoms with van der Waals surface area (Å²) in [6.45, 7) is 0.382. The van der Waals surface area contributed by atoms with Gasteiger partial charge in [-0.3, -0.25) is 0 Å². The first-order valence-electron chi connectivity index (χ1n) is 8.98. The molecule has 0 spiro atoms. The molecule has 0 unspecified atom stereocenters. The van der Waals surface area contributed by atoms with Gasteiger partial charge in [0.15, 0.2) is 11.5 Å². The average molecular weight is 485 g/mol. The van der Waals surface area contributed by atoms with E-state index in [1.165, 1.54) is 43.5 Å². The molecule has 2 N–H and O–H groups in total. The molecule has 5 nitrogen and oxygen atoms in total. The van der Waals surface area contributed by atoms with E-state index in [9.17, 15) is 9.18 Å². The van der Waals surface area contributed by atoms with Crippen LogP contribution in [0.1, 0.15) is 21.5 Å². The number of hydrogen-bond donors (Lipinski definition) is 2. The fourth-order valence-electron chi connectivity index (χ4n) is 2.80. The first kappa shape index (κ1) is 23.0. The number of rotatable bonds is 8. The van der Waals surface area contributed by atoms with Crippen LogP contribution in [0.3, 0.4) is 0 Å². The Morgan fingerprint density at radius 2 is 1.81 bits per heavy atom. The number of carbonyl (C=O) groups is 1. The standard InChI is InChI=1S/C22H17Cl3FNO4/c1-30-20-7-12(10-27-19-8-13(22(28)29)3-5-16(19)23)6-18(25)21(20)31-11-14-2-4-15(26)9-17(14)24/h2-9,27H,10-11H2,1H3,(H,28,29). The largest absolute Gasteiger partial charge is 0.493 e. The Morgan fingerprint density at radius 3 is 2.48 bits per heavy atom. The number of ether oxygens (including phenoxy) is 2.